The predicted octanol–water partition coefficient (Wildman–Crippen LogP) is 3.98. The van der Waals surface area contributed by atoms with Gasteiger partial charge in [-0.25, -0.2) is 0 Å². The average Bonchev–Trinajstić information content (AvgIpc) is 2.68. The molecule has 27 heavy (non-hydrogen) atoms. The van der Waals surface area contributed by atoms with Crippen molar-refractivity contribution in [2.24, 2.45) is 0 Å². The second-order valence-corrected chi connectivity index (χ2v) is 7.08. The summed E-state index contributed by atoms with van der Waals surface area (Å²) in [4.78, 5) is 28.3. The molecule has 2 aromatic rings. The molecular weight excluding hydrogens is 338 g/mol. The fraction of sp³-hybridized carbons (Fsp3) is 0.364. The van der Waals surface area contributed by atoms with Crippen molar-refractivity contribution in [2.45, 2.75) is 33.1 Å². The molecule has 5 nitrogen and oxygen atoms in total. The van der Waals surface area contributed by atoms with Gasteiger partial charge in [0.1, 0.15) is 6.54 Å². The molecule has 0 unspecified atom stereocenters. The summed E-state index contributed by atoms with van der Waals surface area (Å²) in [6.07, 6.45) is 3.77. The highest BCUT2D eigenvalue weighted by atomic mass is 16.2. The zero-order valence-electron chi connectivity index (χ0n) is 16.1. The molecule has 142 valence electrons. The number of hydrogen-bond donors (Lipinski definition) is 1. The molecule has 0 bridgehead atoms. The molecule has 0 spiro atoms. The van der Waals surface area contributed by atoms with Crippen LogP contribution in [-0.4, -0.2) is 31.4 Å². The lowest BCUT2D eigenvalue weighted by molar-refractivity contribution is -0.120. The maximum atomic E-state index is 12.4. The van der Waals surface area contributed by atoms with Crippen LogP contribution in [0.1, 0.15) is 31.7 Å². The van der Waals surface area contributed by atoms with Gasteiger partial charge in [0.15, 0.2) is 0 Å². The minimum absolute atomic E-state index is 0.00767. The highest BCUT2D eigenvalue weighted by Crippen LogP contribution is 2.22. The number of piperidine rings is 1. The van der Waals surface area contributed by atoms with Crippen LogP contribution in [0.15, 0.2) is 48.5 Å². The third-order valence-corrected chi connectivity index (χ3v) is 4.90. The van der Waals surface area contributed by atoms with Crippen LogP contribution in [0.3, 0.4) is 0 Å². The monoisotopic (exact) mass is 365 g/mol. The van der Waals surface area contributed by atoms with Gasteiger partial charge in [0.05, 0.1) is 0 Å². The Balaban J connectivity index is 1.61. The number of nitrogens with zero attached hydrogens (tertiary/aromatic N) is 2. The molecule has 1 N–H and O–H groups in total. The maximum Gasteiger partial charge on any atom is 0.244 e. The number of rotatable bonds is 5. The third kappa shape index (κ3) is 5.09. The van der Waals surface area contributed by atoms with E-state index in [4.69, 9.17) is 0 Å². The minimum Gasteiger partial charge on any atom is -0.372 e. The number of anilines is 3. The summed E-state index contributed by atoms with van der Waals surface area (Å²) >= 11 is 0. The van der Waals surface area contributed by atoms with Gasteiger partial charge in [-0.3, -0.25) is 9.59 Å². The SMILES string of the molecule is CC(=O)N(CC(=O)Nc1ccc(N2CCCCC2)cc1)c1ccc(C)cc1. The number of nitrogens with one attached hydrogen (secondary N) is 1. The Morgan fingerprint density at radius 1 is 0.963 bits per heavy atom. The molecule has 0 aliphatic carbocycles. The molecule has 5 heteroatoms. The van der Waals surface area contributed by atoms with E-state index in [-0.39, 0.29) is 18.4 Å². The summed E-state index contributed by atoms with van der Waals surface area (Å²) in [5.41, 5.74) is 3.77. The van der Waals surface area contributed by atoms with E-state index in [1.54, 1.807) is 0 Å². The van der Waals surface area contributed by atoms with Crippen LogP contribution in [0.2, 0.25) is 0 Å². The average molecular weight is 365 g/mol. The van der Waals surface area contributed by atoms with Crippen molar-refractivity contribution >= 4 is 28.9 Å². The van der Waals surface area contributed by atoms with Crippen LogP contribution in [0, 0.1) is 6.92 Å². The van der Waals surface area contributed by atoms with Crippen LogP contribution in [0.25, 0.3) is 0 Å². The lowest BCUT2D eigenvalue weighted by atomic mass is 10.1. The van der Waals surface area contributed by atoms with Crippen molar-refractivity contribution in [3.05, 3.63) is 54.1 Å². The second-order valence-electron chi connectivity index (χ2n) is 7.08. The normalized spacial score (nSPS) is 13.9. The lowest BCUT2D eigenvalue weighted by Crippen LogP contribution is -2.36. The van der Waals surface area contributed by atoms with Crippen LogP contribution in [0.4, 0.5) is 17.1 Å². The zero-order chi connectivity index (χ0) is 19.2. The molecule has 2 aromatic carbocycles. The molecule has 0 atom stereocenters. The summed E-state index contributed by atoms with van der Waals surface area (Å²) in [6.45, 7) is 5.64. The molecule has 0 aromatic heterocycles. The molecule has 0 saturated carbocycles. The Kier molecular flexibility index (Phi) is 6.12. The first-order valence-corrected chi connectivity index (χ1v) is 9.52. The van der Waals surface area contributed by atoms with E-state index >= 15 is 0 Å². The van der Waals surface area contributed by atoms with Gasteiger partial charge in [0, 0.05) is 37.1 Å². The van der Waals surface area contributed by atoms with Crippen LogP contribution in [-0.2, 0) is 9.59 Å². The molecule has 1 aliphatic heterocycles. The van der Waals surface area contributed by atoms with E-state index in [0.717, 1.165) is 30.0 Å². The summed E-state index contributed by atoms with van der Waals surface area (Å²) in [7, 11) is 0. The van der Waals surface area contributed by atoms with Gasteiger partial charge in [-0.2, -0.15) is 0 Å². The zero-order valence-corrected chi connectivity index (χ0v) is 16.1. The summed E-state index contributed by atoms with van der Waals surface area (Å²) in [5.74, 6) is -0.369. The minimum atomic E-state index is -0.212. The van der Waals surface area contributed by atoms with Crippen LogP contribution < -0.4 is 15.1 Å². The first kappa shape index (κ1) is 19.0. The molecule has 2 amide bonds. The van der Waals surface area contributed by atoms with Gasteiger partial charge in [0.25, 0.3) is 0 Å². The Morgan fingerprint density at radius 2 is 1.59 bits per heavy atom. The number of aryl methyl sites for hydroxylation is 1. The van der Waals surface area contributed by atoms with Gasteiger partial charge in [-0.1, -0.05) is 17.7 Å². The van der Waals surface area contributed by atoms with Crippen molar-refractivity contribution in [2.75, 3.05) is 34.8 Å². The van der Waals surface area contributed by atoms with E-state index in [9.17, 15) is 9.59 Å². The standard InChI is InChI=1S/C22H27N3O2/c1-17-6-10-21(11-7-17)25(18(2)26)16-22(27)23-19-8-12-20(13-9-19)24-14-4-3-5-15-24/h6-13H,3-5,14-16H2,1-2H3,(H,23,27). The van der Waals surface area contributed by atoms with E-state index in [2.05, 4.69) is 10.2 Å². The molecule has 0 radical (unpaired) electrons. The largest absolute Gasteiger partial charge is 0.372 e. The highest BCUT2D eigenvalue weighted by Gasteiger charge is 2.16. The van der Waals surface area contributed by atoms with E-state index < -0.39 is 0 Å². The first-order valence-electron chi connectivity index (χ1n) is 9.52. The van der Waals surface area contributed by atoms with Crippen molar-refractivity contribution in [1.29, 1.82) is 0 Å². The van der Waals surface area contributed by atoms with E-state index in [1.807, 2.05) is 55.5 Å². The van der Waals surface area contributed by atoms with E-state index in [1.165, 1.54) is 36.8 Å². The fourth-order valence-corrected chi connectivity index (χ4v) is 3.36. The second kappa shape index (κ2) is 8.71. The maximum absolute atomic E-state index is 12.4. The Labute approximate surface area is 161 Å². The quantitative estimate of drug-likeness (QED) is 0.872. The predicted molar refractivity (Wildman–Crippen MR) is 110 cm³/mol. The van der Waals surface area contributed by atoms with Crippen LogP contribution >= 0.6 is 0 Å². The molecule has 1 heterocycles. The van der Waals surface area contributed by atoms with Gasteiger partial charge in [-0.05, 0) is 62.6 Å². The van der Waals surface area contributed by atoms with Gasteiger partial charge < -0.3 is 15.1 Å². The summed E-state index contributed by atoms with van der Waals surface area (Å²) in [5, 5.41) is 2.89. The Hall–Kier alpha value is -2.82. The van der Waals surface area contributed by atoms with E-state index in [0.29, 0.717) is 0 Å². The van der Waals surface area contributed by atoms with Crippen molar-refractivity contribution in [3.8, 4) is 0 Å². The van der Waals surface area contributed by atoms with Gasteiger partial charge >= 0.3 is 0 Å². The van der Waals surface area contributed by atoms with Crippen molar-refractivity contribution < 1.29 is 9.59 Å². The van der Waals surface area contributed by atoms with Gasteiger partial charge in [-0.15, -0.1) is 0 Å². The number of amides is 2. The van der Waals surface area contributed by atoms with Crippen molar-refractivity contribution in [3.63, 3.8) is 0 Å². The molecule has 1 aliphatic rings. The fourth-order valence-electron chi connectivity index (χ4n) is 3.36. The number of carbonyl (C=O) groups is 2. The smallest absolute Gasteiger partial charge is 0.244 e. The number of benzene rings is 2. The molecule has 1 fully saturated rings. The Morgan fingerprint density at radius 3 is 2.19 bits per heavy atom. The summed E-state index contributed by atoms with van der Waals surface area (Å²) < 4.78 is 0. The lowest BCUT2D eigenvalue weighted by Gasteiger charge is -2.28. The molecular formula is C22H27N3O2. The number of carbonyl (C=O) groups excluding carboxylic acids is 2. The van der Waals surface area contributed by atoms with Gasteiger partial charge in [0.2, 0.25) is 11.8 Å². The third-order valence-electron chi connectivity index (χ3n) is 4.90. The summed E-state index contributed by atoms with van der Waals surface area (Å²) in [6, 6.07) is 15.5. The molecule has 3 rings (SSSR count). The number of hydrogen-bond acceptors (Lipinski definition) is 3. The highest BCUT2D eigenvalue weighted by molar-refractivity contribution is 6.01. The van der Waals surface area contributed by atoms with Crippen LogP contribution in [0.5, 0.6) is 0 Å². The topological polar surface area (TPSA) is 52.7 Å². The van der Waals surface area contributed by atoms with Crippen molar-refractivity contribution in [1.82, 2.24) is 0 Å². The molecule has 1 saturated heterocycles. The Bertz CT molecular complexity index is 778. The first-order chi connectivity index (χ1) is 13.0.